The van der Waals surface area contributed by atoms with E-state index in [2.05, 4.69) is 6.92 Å². The maximum atomic E-state index is 9.30. The van der Waals surface area contributed by atoms with Gasteiger partial charge in [0.2, 0.25) is 0 Å². The van der Waals surface area contributed by atoms with E-state index in [0.717, 1.165) is 50.3 Å². The van der Waals surface area contributed by atoms with Crippen LogP contribution in [0.15, 0.2) is 0 Å². The van der Waals surface area contributed by atoms with E-state index in [0.29, 0.717) is 0 Å². The van der Waals surface area contributed by atoms with Crippen LogP contribution in [0, 0.1) is 0 Å². The van der Waals surface area contributed by atoms with Crippen molar-refractivity contribution in [3.05, 3.63) is 0 Å². The molecule has 0 aromatic heterocycles. The van der Waals surface area contributed by atoms with Crippen LogP contribution in [0.1, 0.15) is 90.4 Å². The Labute approximate surface area is 167 Å². The molecular weight excluding hydrogens is 367 g/mol. The van der Waals surface area contributed by atoms with Gasteiger partial charge in [-0.15, -0.1) is 0 Å². The van der Waals surface area contributed by atoms with E-state index in [9.17, 15) is 15.3 Å². The summed E-state index contributed by atoms with van der Waals surface area (Å²) >= 11 is 7.34. The molecule has 0 aliphatic heterocycles. The standard InChI is InChI=1S/C21H46ClO3P/c1-2-3-4-5-6-7-8-9-10-11-18-26(22,19-12-15-23,20-13-16-24)21-14-17-25/h23-25H,2-21H2,1H3. The van der Waals surface area contributed by atoms with Crippen LogP contribution in [-0.2, 0) is 0 Å². The molecule has 0 aromatic carbocycles. The zero-order valence-electron chi connectivity index (χ0n) is 17.3. The van der Waals surface area contributed by atoms with Crippen molar-refractivity contribution in [1.82, 2.24) is 0 Å². The number of aliphatic hydroxyl groups excluding tert-OH is 3. The Hall–Kier alpha value is 0.600. The number of hydrogen-bond acceptors (Lipinski definition) is 3. The molecule has 0 fully saturated rings. The molecule has 0 bridgehead atoms. The third-order valence-electron chi connectivity index (χ3n) is 5.70. The molecule has 0 rings (SSSR count). The molecule has 5 heteroatoms. The molecule has 3 nitrogen and oxygen atoms in total. The molecule has 0 aliphatic rings. The Balaban J connectivity index is 4.27. The third-order valence-corrected chi connectivity index (χ3v) is 13.5. The summed E-state index contributed by atoms with van der Waals surface area (Å²) in [5, 5.41) is 27.9. The predicted molar refractivity (Wildman–Crippen MR) is 119 cm³/mol. The summed E-state index contributed by atoms with van der Waals surface area (Å²) in [6.45, 7) is 2.80. The van der Waals surface area contributed by atoms with E-state index < -0.39 is 5.96 Å². The topological polar surface area (TPSA) is 60.7 Å². The molecule has 0 saturated carbocycles. The summed E-state index contributed by atoms with van der Waals surface area (Å²) in [6.07, 6.45) is 19.1. The van der Waals surface area contributed by atoms with Crippen molar-refractivity contribution in [2.75, 3.05) is 44.5 Å². The Morgan fingerprint density at radius 3 is 1.15 bits per heavy atom. The fourth-order valence-corrected chi connectivity index (χ4v) is 10.6. The van der Waals surface area contributed by atoms with E-state index in [-0.39, 0.29) is 19.8 Å². The number of aliphatic hydroxyl groups is 3. The van der Waals surface area contributed by atoms with Gasteiger partial charge in [0.15, 0.2) is 0 Å². The van der Waals surface area contributed by atoms with E-state index in [1.165, 1.54) is 57.8 Å². The maximum absolute atomic E-state index is 9.30. The van der Waals surface area contributed by atoms with Crippen LogP contribution in [0.5, 0.6) is 0 Å². The second kappa shape index (κ2) is 16.5. The second-order valence-electron chi connectivity index (χ2n) is 8.13. The minimum absolute atomic E-state index is 0.181. The van der Waals surface area contributed by atoms with Crippen LogP contribution in [0.4, 0.5) is 0 Å². The number of halogens is 1. The summed E-state index contributed by atoms with van der Waals surface area (Å²) < 4.78 is 0. The molecule has 0 spiro atoms. The van der Waals surface area contributed by atoms with Gasteiger partial charge in [0.25, 0.3) is 0 Å². The Kier molecular flexibility index (Phi) is 16.9. The summed E-state index contributed by atoms with van der Waals surface area (Å²) in [5.41, 5.74) is 0. The fourth-order valence-electron chi connectivity index (χ4n) is 4.06. The fraction of sp³-hybridized carbons (Fsp3) is 1.00. The van der Waals surface area contributed by atoms with Crippen molar-refractivity contribution in [3.8, 4) is 0 Å². The first-order valence-corrected chi connectivity index (χ1v) is 15.0. The van der Waals surface area contributed by atoms with Gasteiger partial charge < -0.3 is 0 Å². The van der Waals surface area contributed by atoms with E-state index >= 15 is 0 Å². The molecule has 0 amide bonds. The van der Waals surface area contributed by atoms with Crippen LogP contribution in [0.25, 0.3) is 0 Å². The van der Waals surface area contributed by atoms with Crippen molar-refractivity contribution >= 4 is 17.2 Å². The Morgan fingerprint density at radius 2 is 0.808 bits per heavy atom. The van der Waals surface area contributed by atoms with Crippen molar-refractivity contribution in [3.63, 3.8) is 0 Å². The number of hydrogen-bond donors (Lipinski definition) is 3. The first-order valence-electron chi connectivity index (χ1n) is 11.1. The molecule has 160 valence electrons. The van der Waals surface area contributed by atoms with Gasteiger partial charge in [-0.3, -0.25) is 0 Å². The van der Waals surface area contributed by atoms with Gasteiger partial charge in [0.05, 0.1) is 0 Å². The van der Waals surface area contributed by atoms with Crippen LogP contribution in [0.2, 0.25) is 0 Å². The molecular formula is C21H46ClO3P. The van der Waals surface area contributed by atoms with E-state index in [1.54, 1.807) is 0 Å². The predicted octanol–water partition coefficient (Wildman–Crippen LogP) is 5.76. The summed E-state index contributed by atoms with van der Waals surface area (Å²) in [4.78, 5) is 0. The molecule has 0 radical (unpaired) electrons. The van der Waals surface area contributed by atoms with Crippen molar-refractivity contribution in [2.24, 2.45) is 0 Å². The normalized spacial score (nSPS) is 13.7. The van der Waals surface area contributed by atoms with Gasteiger partial charge in [0.1, 0.15) is 0 Å². The molecule has 0 heterocycles. The molecule has 0 aliphatic carbocycles. The van der Waals surface area contributed by atoms with Gasteiger partial charge in [-0.1, -0.05) is 0 Å². The van der Waals surface area contributed by atoms with Crippen molar-refractivity contribution in [1.29, 1.82) is 0 Å². The molecule has 26 heavy (non-hydrogen) atoms. The van der Waals surface area contributed by atoms with Gasteiger partial charge >= 0.3 is 167 Å². The van der Waals surface area contributed by atoms with E-state index in [1.807, 2.05) is 0 Å². The first kappa shape index (κ1) is 26.6. The zero-order valence-corrected chi connectivity index (χ0v) is 19.0. The average Bonchev–Trinajstić information content (AvgIpc) is 2.65. The summed E-state index contributed by atoms with van der Waals surface area (Å²) in [7, 11) is 0. The third kappa shape index (κ3) is 12.9. The number of rotatable bonds is 20. The van der Waals surface area contributed by atoms with Gasteiger partial charge in [-0.25, -0.2) is 0 Å². The number of unbranched alkanes of at least 4 members (excludes halogenated alkanes) is 9. The van der Waals surface area contributed by atoms with Gasteiger partial charge in [-0.05, 0) is 0 Å². The van der Waals surface area contributed by atoms with E-state index in [4.69, 9.17) is 11.2 Å². The SMILES string of the molecule is CCCCCCCCCCCCP(Cl)(CCCO)(CCCO)CCCO. The first-order chi connectivity index (χ1) is 12.5. The summed E-state index contributed by atoms with van der Waals surface area (Å²) in [6, 6.07) is 0. The molecule has 0 atom stereocenters. The second-order valence-corrected chi connectivity index (χ2v) is 16.4. The van der Waals surface area contributed by atoms with Crippen LogP contribution in [-0.4, -0.2) is 59.8 Å². The van der Waals surface area contributed by atoms with Gasteiger partial charge in [-0.2, -0.15) is 0 Å². The van der Waals surface area contributed by atoms with Crippen LogP contribution in [0.3, 0.4) is 0 Å². The van der Waals surface area contributed by atoms with Crippen LogP contribution >= 0.6 is 17.2 Å². The summed E-state index contributed by atoms with van der Waals surface area (Å²) in [5.74, 6) is -2.44. The van der Waals surface area contributed by atoms with Crippen molar-refractivity contribution < 1.29 is 15.3 Å². The molecule has 0 unspecified atom stereocenters. The van der Waals surface area contributed by atoms with Crippen LogP contribution < -0.4 is 0 Å². The van der Waals surface area contributed by atoms with Crippen molar-refractivity contribution in [2.45, 2.75) is 90.4 Å². The Bertz CT molecular complexity index is 291. The zero-order chi connectivity index (χ0) is 19.6. The monoisotopic (exact) mass is 412 g/mol. The molecule has 0 aromatic rings. The minimum atomic E-state index is -2.44. The van der Waals surface area contributed by atoms with Gasteiger partial charge in [0, 0.05) is 0 Å². The molecule has 3 N–H and O–H groups in total. The average molecular weight is 413 g/mol. The molecule has 0 saturated heterocycles. The quantitative estimate of drug-likeness (QED) is 0.176. The Morgan fingerprint density at radius 1 is 0.500 bits per heavy atom.